The number of nitrogens with two attached hydrogens (primary N) is 2. The van der Waals surface area contributed by atoms with Crippen LogP contribution in [0.3, 0.4) is 0 Å². The highest BCUT2D eigenvalue weighted by molar-refractivity contribution is 6.09. The van der Waals surface area contributed by atoms with Gasteiger partial charge in [0.15, 0.2) is 0 Å². The molecule has 20 heavy (non-hydrogen) atoms. The van der Waals surface area contributed by atoms with Crippen LogP contribution in [0.25, 0.3) is 5.57 Å². The Morgan fingerprint density at radius 2 is 2.05 bits per heavy atom. The van der Waals surface area contributed by atoms with Gasteiger partial charge in [-0.05, 0) is 20.8 Å². The predicted octanol–water partition coefficient (Wildman–Crippen LogP) is 1.44. The van der Waals surface area contributed by atoms with Crippen molar-refractivity contribution in [3.8, 4) is 0 Å². The van der Waals surface area contributed by atoms with E-state index in [1.165, 1.54) is 18.5 Å². The third-order valence-corrected chi connectivity index (χ3v) is 2.33. The molecule has 0 saturated heterocycles. The van der Waals surface area contributed by atoms with Gasteiger partial charge in [-0.25, -0.2) is 4.79 Å². The molecule has 1 aromatic rings. The minimum Gasteiger partial charge on any atom is -0.422 e. The SMILES string of the molecule is CN=Cc1c(N)cc(C(C=NC(C)(C)C)=CN)oc1=O. The van der Waals surface area contributed by atoms with Crippen LogP contribution in [0.1, 0.15) is 32.1 Å². The second-order valence-electron chi connectivity index (χ2n) is 5.21. The summed E-state index contributed by atoms with van der Waals surface area (Å²) in [7, 11) is 1.55. The van der Waals surface area contributed by atoms with Crippen LogP contribution in [0.2, 0.25) is 0 Å². The Morgan fingerprint density at radius 1 is 1.40 bits per heavy atom. The highest BCUT2D eigenvalue weighted by atomic mass is 16.4. The normalized spacial score (nSPS) is 13.5. The van der Waals surface area contributed by atoms with Crippen molar-refractivity contribution in [3.05, 3.63) is 34.0 Å². The Hall–Kier alpha value is -2.37. The fourth-order valence-corrected chi connectivity index (χ4v) is 1.37. The van der Waals surface area contributed by atoms with Crippen molar-refractivity contribution in [2.24, 2.45) is 15.7 Å². The molecular formula is C14H20N4O2. The van der Waals surface area contributed by atoms with Crippen LogP contribution in [0.5, 0.6) is 0 Å². The molecule has 0 aliphatic carbocycles. The van der Waals surface area contributed by atoms with Gasteiger partial charge in [-0.1, -0.05) is 0 Å². The number of aliphatic imine (C=N–C) groups is 2. The number of allylic oxidation sites excluding steroid dienone is 1. The van der Waals surface area contributed by atoms with E-state index >= 15 is 0 Å². The van der Waals surface area contributed by atoms with Crippen LogP contribution < -0.4 is 17.1 Å². The van der Waals surface area contributed by atoms with Gasteiger partial charge in [0.25, 0.3) is 0 Å². The first-order chi connectivity index (χ1) is 9.28. The number of anilines is 1. The van der Waals surface area contributed by atoms with Gasteiger partial charge in [-0.15, -0.1) is 0 Å². The number of hydrogen-bond donors (Lipinski definition) is 2. The van der Waals surface area contributed by atoms with Gasteiger partial charge in [0.2, 0.25) is 0 Å². The summed E-state index contributed by atoms with van der Waals surface area (Å²) in [6, 6.07) is 1.53. The zero-order chi connectivity index (χ0) is 15.3. The van der Waals surface area contributed by atoms with E-state index in [0.29, 0.717) is 5.57 Å². The van der Waals surface area contributed by atoms with E-state index in [1.807, 2.05) is 20.8 Å². The standard InChI is InChI=1S/C14H20N4O2/c1-14(2,3)18-7-9(6-15)12-5-11(16)10(8-17-4)13(19)20-12/h5-8H,15-16H2,1-4H3. The summed E-state index contributed by atoms with van der Waals surface area (Å²) in [6.45, 7) is 5.84. The molecule has 0 fully saturated rings. The molecule has 0 atom stereocenters. The predicted molar refractivity (Wildman–Crippen MR) is 83.3 cm³/mol. The summed E-state index contributed by atoms with van der Waals surface area (Å²) >= 11 is 0. The average Bonchev–Trinajstić information content (AvgIpc) is 2.33. The zero-order valence-corrected chi connectivity index (χ0v) is 12.2. The van der Waals surface area contributed by atoms with Gasteiger partial charge < -0.3 is 15.9 Å². The molecule has 4 N–H and O–H groups in total. The first kappa shape index (κ1) is 15.7. The van der Waals surface area contributed by atoms with Crippen molar-refractivity contribution < 1.29 is 4.42 Å². The lowest BCUT2D eigenvalue weighted by atomic mass is 10.1. The highest BCUT2D eigenvalue weighted by Crippen LogP contribution is 2.16. The van der Waals surface area contributed by atoms with Crippen molar-refractivity contribution >= 4 is 23.7 Å². The summed E-state index contributed by atoms with van der Waals surface area (Å²) in [6.07, 6.45) is 4.24. The first-order valence-electron chi connectivity index (χ1n) is 6.11. The molecule has 0 spiro atoms. The number of nitrogen functional groups attached to an aromatic ring is 1. The number of rotatable bonds is 3. The van der Waals surface area contributed by atoms with E-state index < -0.39 is 5.63 Å². The fourth-order valence-electron chi connectivity index (χ4n) is 1.37. The van der Waals surface area contributed by atoms with Crippen molar-refractivity contribution in [1.82, 2.24) is 0 Å². The summed E-state index contributed by atoms with van der Waals surface area (Å²) in [5.41, 5.74) is 11.5. The van der Waals surface area contributed by atoms with Crippen LogP contribution in [0.15, 0.2) is 31.5 Å². The third kappa shape index (κ3) is 4.08. The van der Waals surface area contributed by atoms with Crippen molar-refractivity contribution in [2.45, 2.75) is 26.3 Å². The monoisotopic (exact) mass is 276 g/mol. The summed E-state index contributed by atoms with van der Waals surface area (Å²) in [5, 5.41) is 0. The topological polar surface area (TPSA) is 107 Å². The molecule has 1 rings (SSSR count). The molecule has 6 nitrogen and oxygen atoms in total. The Kier molecular flexibility index (Phi) is 4.85. The Morgan fingerprint density at radius 3 is 2.50 bits per heavy atom. The second-order valence-corrected chi connectivity index (χ2v) is 5.21. The van der Waals surface area contributed by atoms with Crippen molar-refractivity contribution in [1.29, 1.82) is 0 Å². The Labute approximate surface area is 117 Å². The third-order valence-electron chi connectivity index (χ3n) is 2.33. The van der Waals surface area contributed by atoms with Crippen molar-refractivity contribution in [3.63, 3.8) is 0 Å². The molecule has 0 unspecified atom stereocenters. The van der Waals surface area contributed by atoms with Crippen LogP contribution in [0, 0.1) is 0 Å². The molecule has 0 aliphatic rings. The quantitative estimate of drug-likeness (QED) is 0.814. The van der Waals surface area contributed by atoms with Gasteiger partial charge in [0, 0.05) is 31.7 Å². The molecule has 108 valence electrons. The number of hydrogen-bond acceptors (Lipinski definition) is 6. The highest BCUT2D eigenvalue weighted by Gasteiger charge is 2.11. The molecule has 0 bridgehead atoms. The molecular weight excluding hydrogens is 256 g/mol. The van der Waals surface area contributed by atoms with Gasteiger partial charge in [-0.2, -0.15) is 0 Å². The largest absolute Gasteiger partial charge is 0.422 e. The maximum atomic E-state index is 11.8. The van der Waals surface area contributed by atoms with E-state index in [4.69, 9.17) is 15.9 Å². The zero-order valence-electron chi connectivity index (χ0n) is 12.2. The lowest BCUT2D eigenvalue weighted by Crippen LogP contribution is -2.13. The molecule has 6 heteroatoms. The van der Waals surface area contributed by atoms with Gasteiger partial charge in [0.1, 0.15) is 11.3 Å². The minimum absolute atomic E-state index is 0.223. The average molecular weight is 276 g/mol. The maximum absolute atomic E-state index is 11.8. The molecule has 1 heterocycles. The molecule has 0 amide bonds. The fraction of sp³-hybridized carbons (Fsp3) is 0.357. The molecule has 0 saturated carbocycles. The Bertz CT molecular complexity index is 619. The Balaban J connectivity index is 3.27. The molecule has 0 aromatic carbocycles. The van der Waals surface area contributed by atoms with E-state index in [9.17, 15) is 4.79 Å². The molecule has 0 radical (unpaired) electrons. The van der Waals surface area contributed by atoms with E-state index in [2.05, 4.69) is 9.98 Å². The van der Waals surface area contributed by atoms with Gasteiger partial charge >= 0.3 is 5.63 Å². The lowest BCUT2D eigenvalue weighted by molar-refractivity contribution is 0.499. The number of nitrogens with zero attached hydrogens (tertiary/aromatic N) is 2. The van der Waals surface area contributed by atoms with Gasteiger partial charge in [-0.3, -0.25) is 9.98 Å². The minimum atomic E-state index is -0.561. The molecule has 0 aliphatic heterocycles. The van der Waals surface area contributed by atoms with Crippen molar-refractivity contribution in [2.75, 3.05) is 12.8 Å². The summed E-state index contributed by atoms with van der Waals surface area (Å²) in [4.78, 5) is 19.9. The van der Waals surface area contributed by atoms with Crippen LogP contribution in [0.4, 0.5) is 5.69 Å². The first-order valence-corrected chi connectivity index (χ1v) is 6.11. The summed E-state index contributed by atoms with van der Waals surface area (Å²) < 4.78 is 5.19. The maximum Gasteiger partial charge on any atom is 0.347 e. The van der Waals surface area contributed by atoms with Crippen LogP contribution in [-0.4, -0.2) is 25.0 Å². The van der Waals surface area contributed by atoms with Crippen LogP contribution in [-0.2, 0) is 0 Å². The smallest absolute Gasteiger partial charge is 0.347 e. The van der Waals surface area contributed by atoms with Gasteiger partial charge in [0.05, 0.1) is 16.8 Å². The van der Waals surface area contributed by atoms with E-state index in [-0.39, 0.29) is 22.6 Å². The van der Waals surface area contributed by atoms with E-state index in [1.54, 1.807) is 13.3 Å². The summed E-state index contributed by atoms with van der Waals surface area (Å²) in [5.74, 6) is 0.274. The molecule has 1 aromatic heterocycles. The van der Waals surface area contributed by atoms with E-state index in [0.717, 1.165) is 0 Å². The van der Waals surface area contributed by atoms with Crippen LogP contribution >= 0.6 is 0 Å². The second kappa shape index (κ2) is 6.18. The lowest BCUT2D eigenvalue weighted by Gasteiger charge is -2.11.